The van der Waals surface area contributed by atoms with Crippen molar-refractivity contribution in [1.82, 2.24) is 4.90 Å². The predicted molar refractivity (Wildman–Crippen MR) is 92.7 cm³/mol. The number of halogens is 2. The maximum absolute atomic E-state index is 13.4. The Kier molecular flexibility index (Phi) is 4.65. The van der Waals surface area contributed by atoms with Crippen molar-refractivity contribution in [2.45, 2.75) is 6.54 Å². The molecule has 0 bridgehead atoms. The van der Waals surface area contributed by atoms with Crippen LogP contribution in [0, 0.1) is 11.6 Å². The fraction of sp³-hybridized carbons (Fsp3) is 0.150. The van der Waals surface area contributed by atoms with Gasteiger partial charge in [0.1, 0.15) is 5.75 Å². The van der Waals surface area contributed by atoms with Crippen molar-refractivity contribution in [3.05, 3.63) is 77.4 Å². The summed E-state index contributed by atoms with van der Waals surface area (Å²) < 4.78 is 31.7. The van der Waals surface area contributed by atoms with Crippen LogP contribution in [0.3, 0.4) is 0 Å². The largest absolute Gasteiger partial charge is 0.496 e. The molecule has 0 spiro atoms. The topological polar surface area (TPSA) is 29.5 Å². The molecule has 0 heterocycles. The summed E-state index contributed by atoms with van der Waals surface area (Å²) in [6.07, 6.45) is 0. The van der Waals surface area contributed by atoms with E-state index >= 15 is 0 Å². The van der Waals surface area contributed by atoms with Crippen LogP contribution in [-0.4, -0.2) is 25.0 Å². The van der Waals surface area contributed by atoms with Crippen molar-refractivity contribution >= 4 is 16.7 Å². The third-order valence-corrected chi connectivity index (χ3v) is 4.08. The number of carbonyl (C=O) groups excluding carboxylic acids is 1. The van der Waals surface area contributed by atoms with E-state index in [1.54, 1.807) is 26.3 Å². The van der Waals surface area contributed by atoms with Gasteiger partial charge in [0.15, 0.2) is 11.6 Å². The first-order valence-corrected chi connectivity index (χ1v) is 7.76. The molecule has 3 aromatic carbocycles. The zero-order valence-corrected chi connectivity index (χ0v) is 13.9. The number of benzene rings is 3. The molecule has 0 saturated carbocycles. The lowest BCUT2D eigenvalue weighted by Crippen LogP contribution is -2.26. The first kappa shape index (κ1) is 16.9. The zero-order chi connectivity index (χ0) is 18.0. The van der Waals surface area contributed by atoms with E-state index in [2.05, 4.69) is 0 Å². The Balaban J connectivity index is 1.92. The summed E-state index contributed by atoms with van der Waals surface area (Å²) in [5.74, 6) is -1.34. The van der Waals surface area contributed by atoms with E-state index < -0.39 is 11.6 Å². The number of hydrogen-bond donors (Lipinski definition) is 0. The highest BCUT2D eigenvalue weighted by Gasteiger charge is 2.17. The van der Waals surface area contributed by atoms with Gasteiger partial charge in [-0.3, -0.25) is 4.79 Å². The summed E-state index contributed by atoms with van der Waals surface area (Å²) >= 11 is 0. The average molecular weight is 341 g/mol. The molecule has 0 aliphatic carbocycles. The molecule has 0 radical (unpaired) electrons. The minimum Gasteiger partial charge on any atom is -0.496 e. The van der Waals surface area contributed by atoms with Crippen molar-refractivity contribution in [3.63, 3.8) is 0 Å². The SMILES string of the molecule is COc1ccc(C(=O)N(C)Cc2ccc(F)c(F)c2)c2ccccc12. The van der Waals surface area contributed by atoms with Gasteiger partial charge in [-0.1, -0.05) is 30.3 Å². The van der Waals surface area contributed by atoms with Crippen LogP contribution < -0.4 is 4.74 Å². The zero-order valence-electron chi connectivity index (χ0n) is 13.9. The summed E-state index contributed by atoms with van der Waals surface area (Å²) in [7, 11) is 3.21. The Morgan fingerprint density at radius 1 is 1.00 bits per heavy atom. The number of carbonyl (C=O) groups is 1. The Morgan fingerprint density at radius 2 is 1.72 bits per heavy atom. The fourth-order valence-electron chi connectivity index (χ4n) is 2.83. The highest BCUT2D eigenvalue weighted by molar-refractivity contribution is 6.08. The Bertz CT molecular complexity index is 940. The van der Waals surface area contributed by atoms with E-state index in [4.69, 9.17) is 4.74 Å². The molecule has 128 valence electrons. The standard InChI is InChI=1S/C20H17F2NO2/c1-23(12-13-7-9-17(21)18(22)11-13)20(24)16-8-10-19(25-2)15-6-4-3-5-14(15)16/h3-11H,12H2,1-2H3. The molecule has 0 N–H and O–H groups in total. The van der Waals surface area contributed by atoms with E-state index in [1.807, 2.05) is 24.3 Å². The number of ether oxygens (including phenoxy) is 1. The predicted octanol–water partition coefficient (Wildman–Crippen LogP) is 4.40. The van der Waals surface area contributed by atoms with Crippen LogP contribution in [-0.2, 0) is 6.54 Å². The van der Waals surface area contributed by atoms with E-state index in [0.29, 0.717) is 16.9 Å². The van der Waals surface area contributed by atoms with Crippen molar-refractivity contribution in [2.75, 3.05) is 14.2 Å². The van der Waals surface area contributed by atoms with Gasteiger partial charge < -0.3 is 9.64 Å². The monoisotopic (exact) mass is 341 g/mol. The Hall–Kier alpha value is -2.95. The van der Waals surface area contributed by atoms with Crippen LogP contribution in [0.15, 0.2) is 54.6 Å². The molecule has 0 atom stereocenters. The van der Waals surface area contributed by atoms with Crippen LogP contribution in [0.2, 0.25) is 0 Å². The summed E-state index contributed by atoms with van der Waals surface area (Å²) in [4.78, 5) is 14.3. The van der Waals surface area contributed by atoms with Crippen molar-refractivity contribution in [2.24, 2.45) is 0 Å². The molecule has 0 unspecified atom stereocenters. The van der Waals surface area contributed by atoms with E-state index in [-0.39, 0.29) is 12.5 Å². The third-order valence-electron chi connectivity index (χ3n) is 4.08. The maximum Gasteiger partial charge on any atom is 0.254 e. The van der Waals surface area contributed by atoms with Crippen LogP contribution >= 0.6 is 0 Å². The van der Waals surface area contributed by atoms with Gasteiger partial charge in [-0.25, -0.2) is 8.78 Å². The molecule has 3 rings (SSSR count). The minimum atomic E-state index is -0.923. The molecule has 0 fully saturated rings. The van der Waals surface area contributed by atoms with Gasteiger partial charge in [0.25, 0.3) is 5.91 Å². The molecular formula is C20H17F2NO2. The summed E-state index contributed by atoms with van der Waals surface area (Å²) in [5.41, 5.74) is 1.05. The van der Waals surface area contributed by atoms with Gasteiger partial charge in [0, 0.05) is 24.5 Å². The smallest absolute Gasteiger partial charge is 0.254 e. The van der Waals surface area contributed by atoms with Gasteiger partial charge in [0.05, 0.1) is 7.11 Å². The van der Waals surface area contributed by atoms with Gasteiger partial charge in [0.2, 0.25) is 0 Å². The summed E-state index contributed by atoms with van der Waals surface area (Å²) in [6.45, 7) is 0.177. The van der Waals surface area contributed by atoms with Gasteiger partial charge in [-0.15, -0.1) is 0 Å². The number of rotatable bonds is 4. The lowest BCUT2D eigenvalue weighted by Gasteiger charge is -2.19. The fourth-order valence-corrected chi connectivity index (χ4v) is 2.83. The quantitative estimate of drug-likeness (QED) is 0.704. The molecule has 0 aliphatic heterocycles. The van der Waals surface area contributed by atoms with Crippen LogP contribution in [0.4, 0.5) is 8.78 Å². The summed E-state index contributed by atoms with van der Waals surface area (Å²) in [5, 5.41) is 1.63. The first-order chi connectivity index (χ1) is 12.0. The molecule has 3 aromatic rings. The number of methoxy groups -OCH3 is 1. The Morgan fingerprint density at radius 3 is 2.40 bits per heavy atom. The van der Waals surface area contributed by atoms with Crippen LogP contribution in [0.5, 0.6) is 5.75 Å². The highest BCUT2D eigenvalue weighted by Crippen LogP contribution is 2.29. The van der Waals surface area contributed by atoms with Crippen molar-refractivity contribution in [3.8, 4) is 5.75 Å². The highest BCUT2D eigenvalue weighted by atomic mass is 19.2. The molecule has 3 nitrogen and oxygen atoms in total. The normalized spacial score (nSPS) is 10.7. The number of amides is 1. The van der Waals surface area contributed by atoms with Gasteiger partial charge >= 0.3 is 0 Å². The number of nitrogens with zero attached hydrogens (tertiary/aromatic N) is 1. The first-order valence-electron chi connectivity index (χ1n) is 7.76. The molecule has 0 saturated heterocycles. The van der Waals surface area contributed by atoms with Crippen molar-refractivity contribution in [1.29, 1.82) is 0 Å². The second kappa shape index (κ2) is 6.89. The number of fused-ring (bicyclic) bond motifs is 1. The lowest BCUT2D eigenvalue weighted by atomic mass is 10.0. The van der Waals surface area contributed by atoms with Crippen molar-refractivity contribution < 1.29 is 18.3 Å². The average Bonchev–Trinajstić information content (AvgIpc) is 2.63. The van der Waals surface area contributed by atoms with Gasteiger partial charge in [-0.05, 0) is 35.2 Å². The summed E-state index contributed by atoms with van der Waals surface area (Å²) in [6, 6.07) is 14.6. The molecule has 0 aliphatic rings. The van der Waals surface area contributed by atoms with Crippen LogP contribution in [0.25, 0.3) is 10.8 Å². The molecule has 0 aromatic heterocycles. The Labute approximate surface area is 144 Å². The maximum atomic E-state index is 13.4. The van der Waals surface area contributed by atoms with E-state index in [9.17, 15) is 13.6 Å². The van der Waals surface area contributed by atoms with E-state index in [1.165, 1.54) is 11.0 Å². The lowest BCUT2D eigenvalue weighted by molar-refractivity contribution is 0.0787. The molecule has 5 heteroatoms. The second-order valence-electron chi connectivity index (χ2n) is 5.77. The molecule has 1 amide bonds. The minimum absolute atomic E-state index is 0.177. The van der Waals surface area contributed by atoms with Gasteiger partial charge in [-0.2, -0.15) is 0 Å². The van der Waals surface area contributed by atoms with E-state index in [0.717, 1.165) is 22.9 Å². The third kappa shape index (κ3) is 3.31. The molecular weight excluding hydrogens is 324 g/mol. The molecule has 25 heavy (non-hydrogen) atoms. The second-order valence-corrected chi connectivity index (χ2v) is 5.77. The van der Waals surface area contributed by atoms with Crippen LogP contribution in [0.1, 0.15) is 15.9 Å². The number of hydrogen-bond acceptors (Lipinski definition) is 2.